The first-order valence-electron chi connectivity index (χ1n) is 11.3. The molecule has 2 aromatic heterocycles. The van der Waals surface area contributed by atoms with Gasteiger partial charge in [0.15, 0.2) is 11.2 Å². The predicted octanol–water partition coefficient (Wildman–Crippen LogP) is 2.02. The van der Waals surface area contributed by atoms with E-state index < -0.39 is 0 Å². The van der Waals surface area contributed by atoms with Gasteiger partial charge in [-0.05, 0) is 74.8 Å². The number of nitrogens with one attached hydrogen (secondary N) is 2. The molecule has 5 aliphatic rings. The van der Waals surface area contributed by atoms with Gasteiger partial charge in [-0.25, -0.2) is 4.98 Å². The molecule has 0 aromatic carbocycles. The van der Waals surface area contributed by atoms with Gasteiger partial charge in [0.1, 0.15) is 0 Å². The quantitative estimate of drug-likeness (QED) is 0.694. The van der Waals surface area contributed by atoms with E-state index in [1.54, 1.807) is 0 Å². The Morgan fingerprint density at radius 3 is 2.59 bits per heavy atom. The number of fused-ring (bicyclic) bond motifs is 1. The fourth-order valence-corrected chi connectivity index (χ4v) is 7.18. The van der Waals surface area contributed by atoms with Crippen LogP contribution in [-0.2, 0) is 6.54 Å². The highest BCUT2D eigenvalue weighted by Crippen LogP contribution is 2.55. The Bertz CT molecular complexity index is 916. The molecule has 1 saturated heterocycles. The first-order chi connectivity index (χ1) is 14.1. The fraction of sp³-hybridized carbons (Fsp3) is 0.652. The van der Waals surface area contributed by atoms with E-state index in [1.165, 1.54) is 19.3 Å². The van der Waals surface area contributed by atoms with Gasteiger partial charge in [0.2, 0.25) is 0 Å². The molecule has 2 aromatic rings. The monoisotopic (exact) mass is 395 g/mol. The Morgan fingerprint density at radius 2 is 1.93 bits per heavy atom. The average molecular weight is 396 g/mol. The molecule has 1 unspecified atom stereocenters. The van der Waals surface area contributed by atoms with Crippen molar-refractivity contribution in [3.8, 4) is 0 Å². The van der Waals surface area contributed by atoms with Crippen molar-refractivity contribution >= 4 is 11.4 Å². The summed E-state index contributed by atoms with van der Waals surface area (Å²) in [4.78, 5) is 19.1. The van der Waals surface area contributed by atoms with Crippen LogP contribution in [0.1, 0.15) is 61.3 Å². The minimum atomic E-state index is -0.234. The average Bonchev–Trinajstić information content (AvgIpc) is 3.24. The molecule has 1 aliphatic heterocycles. The summed E-state index contributed by atoms with van der Waals surface area (Å²) < 4.78 is 2.00. The number of carbonyl (C=O) groups is 1. The van der Waals surface area contributed by atoms with Gasteiger partial charge < -0.3 is 10.4 Å². The van der Waals surface area contributed by atoms with Gasteiger partial charge in [0.05, 0.1) is 18.8 Å². The standard InChI is InChI=1S/C23H30N4O2/c28-18-4-6-26(13-18)14-19-20-3-1-2-5-27(20)21(24-19)22(29)25-23-10-15-7-16(11-23)9-17(8-15)12-23/h1-3,5,15-18,28H,4,6-14H2,(H,25,29)/p+1. The molecular formula is C23H31N4O2+. The number of rotatable bonds is 4. The van der Waals surface area contributed by atoms with Crippen LogP contribution in [0.5, 0.6) is 0 Å². The number of amides is 1. The Labute approximate surface area is 171 Å². The number of aromatic nitrogens is 2. The lowest BCUT2D eigenvalue weighted by Crippen LogP contribution is -2.60. The highest BCUT2D eigenvalue weighted by atomic mass is 16.3. The maximum atomic E-state index is 13.4. The molecule has 4 bridgehead atoms. The molecule has 1 amide bonds. The Hall–Kier alpha value is -1.92. The van der Waals surface area contributed by atoms with Crippen LogP contribution in [0.4, 0.5) is 0 Å². The van der Waals surface area contributed by atoms with E-state index in [0.29, 0.717) is 12.4 Å². The van der Waals surface area contributed by atoms with Crippen LogP contribution in [0, 0.1) is 17.8 Å². The number of H-pyrrole nitrogens is 1. The Morgan fingerprint density at radius 1 is 1.21 bits per heavy atom. The topological polar surface area (TPSA) is 72.5 Å². The lowest BCUT2D eigenvalue weighted by molar-refractivity contribution is -0.514. The summed E-state index contributed by atoms with van der Waals surface area (Å²) in [5, 5.41) is 13.4. The Balaban J connectivity index is 1.28. The van der Waals surface area contributed by atoms with Crippen molar-refractivity contribution in [2.45, 2.75) is 63.1 Å². The molecule has 5 fully saturated rings. The van der Waals surface area contributed by atoms with Crippen LogP contribution in [0.25, 0.3) is 5.52 Å². The molecule has 0 radical (unpaired) electrons. The third-order valence-electron chi connectivity index (χ3n) is 7.94. The number of imidazole rings is 1. The van der Waals surface area contributed by atoms with E-state index in [1.807, 2.05) is 22.7 Å². The molecule has 154 valence electrons. The summed E-state index contributed by atoms with van der Waals surface area (Å²) >= 11 is 0. The number of hydrogen-bond acceptors (Lipinski definition) is 3. The minimum Gasteiger partial charge on any atom is -0.392 e. The van der Waals surface area contributed by atoms with Crippen LogP contribution in [0.2, 0.25) is 0 Å². The molecule has 6 heteroatoms. The van der Waals surface area contributed by atoms with Crippen LogP contribution < -0.4 is 9.72 Å². The van der Waals surface area contributed by atoms with Crippen molar-refractivity contribution in [3.63, 3.8) is 0 Å². The minimum absolute atomic E-state index is 0.0117. The van der Waals surface area contributed by atoms with Crippen LogP contribution >= 0.6 is 0 Å². The van der Waals surface area contributed by atoms with Crippen molar-refractivity contribution in [1.29, 1.82) is 0 Å². The van der Waals surface area contributed by atoms with E-state index in [0.717, 1.165) is 67.7 Å². The molecule has 4 aliphatic carbocycles. The summed E-state index contributed by atoms with van der Waals surface area (Å²) in [6, 6.07) is 6.07. The summed E-state index contributed by atoms with van der Waals surface area (Å²) in [6.45, 7) is 2.33. The number of aromatic amines is 1. The maximum Gasteiger partial charge on any atom is 0.351 e. The third-order valence-corrected chi connectivity index (χ3v) is 7.94. The SMILES string of the molecule is O=C(NC12CC3CC(CC(C3)C1)C2)c1[nH]c(CN2CCC(O)C2)c2cccc[n+]12. The molecule has 6 nitrogen and oxygen atoms in total. The lowest BCUT2D eigenvalue weighted by atomic mass is 9.53. The zero-order valence-corrected chi connectivity index (χ0v) is 16.9. The van der Waals surface area contributed by atoms with E-state index in [4.69, 9.17) is 0 Å². The molecule has 29 heavy (non-hydrogen) atoms. The van der Waals surface area contributed by atoms with Gasteiger partial charge in [0, 0.05) is 18.6 Å². The second-order valence-electron chi connectivity index (χ2n) is 10.2. The van der Waals surface area contributed by atoms with Crippen LogP contribution in [0.3, 0.4) is 0 Å². The highest BCUT2D eigenvalue weighted by molar-refractivity contribution is 5.90. The molecule has 3 heterocycles. The summed E-state index contributed by atoms with van der Waals surface area (Å²) in [7, 11) is 0. The first-order valence-corrected chi connectivity index (χ1v) is 11.3. The largest absolute Gasteiger partial charge is 0.392 e. The third kappa shape index (κ3) is 3.08. The van der Waals surface area contributed by atoms with Crippen molar-refractivity contribution in [3.05, 3.63) is 35.9 Å². The number of β-amino-alcohol motifs (C(OH)–C–C–N with tert-alkyl or cyclic N) is 1. The van der Waals surface area contributed by atoms with Gasteiger partial charge >= 0.3 is 11.7 Å². The van der Waals surface area contributed by atoms with Crippen molar-refractivity contribution in [2.24, 2.45) is 17.8 Å². The molecule has 7 rings (SSSR count). The lowest BCUT2D eigenvalue weighted by Gasteiger charge is -2.56. The van der Waals surface area contributed by atoms with Gasteiger partial charge in [-0.1, -0.05) is 6.07 Å². The first kappa shape index (κ1) is 17.9. The zero-order valence-electron chi connectivity index (χ0n) is 16.9. The predicted molar refractivity (Wildman–Crippen MR) is 108 cm³/mol. The van der Waals surface area contributed by atoms with Crippen molar-refractivity contribution in [1.82, 2.24) is 15.2 Å². The van der Waals surface area contributed by atoms with Gasteiger partial charge in [-0.3, -0.25) is 9.69 Å². The second kappa shape index (κ2) is 6.54. The zero-order chi connectivity index (χ0) is 19.6. The van der Waals surface area contributed by atoms with E-state index in [2.05, 4.69) is 21.3 Å². The van der Waals surface area contributed by atoms with Gasteiger partial charge in [-0.2, -0.15) is 4.40 Å². The van der Waals surface area contributed by atoms with E-state index in [9.17, 15) is 9.90 Å². The van der Waals surface area contributed by atoms with E-state index in [-0.39, 0.29) is 17.6 Å². The molecule has 0 spiro atoms. The van der Waals surface area contributed by atoms with E-state index >= 15 is 0 Å². The van der Waals surface area contributed by atoms with Crippen molar-refractivity contribution < 1.29 is 14.3 Å². The highest BCUT2D eigenvalue weighted by Gasteiger charge is 2.52. The smallest absolute Gasteiger partial charge is 0.351 e. The van der Waals surface area contributed by atoms with Crippen LogP contribution in [0.15, 0.2) is 24.4 Å². The normalized spacial score (nSPS) is 36.2. The molecule has 1 atom stereocenters. The fourth-order valence-electron chi connectivity index (χ4n) is 7.18. The number of aliphatic hydroxyl groups is 1. The number of carbonyl (C=O) groups excluding carboxylic acids is 1. The Kier molecular flexibility index (Phi) is 4.04. The number of nitrogens with zero attached hydrogens (tertiary/aromatic N) is 2. The number of likely N-dealkylation sites (tertiary alicyclic amines) is 1. The number of pyridine rings is 1. The van der Waals surface area contributed by atoms with Gasteiger partial charge in [-0.15, -0.1) is 0 Å². The number of aliphatic hydroxyl groups excluding tert-OH is 1. The number of hydrogen-bond donors (Lipinski definition) is 3. The molecule has 3 N–H and O–H groups in total. The summed E-state index contributed by atoms with van der Waals surface area (Å²) in [6.07, 6.45) is 10.2. The second-order valence-corrected chi connectivity index (χ2v) is 10.2. The molecule has 4 saturated carbocycles. The summed E-state index contributed by atoms with van der Waals surface area (Å²) in [5.41, 5.74) is 2.11. The van der Waals surface area contributed by atoms with Crippen molar-refractivity contribution in [2.75, 3.05) is 13.1 Å². The van der Waals surface area contributed by atoms with Crippen LogP contribution in [-0.4, -0.2) is 45.6 Å². The maximum absolute atomic E-state index is 13.4. The summed E-state index contributed by atoms with van der Waals surface area (Å²) in [5.74, 6) is 3.09. The van der Waals surface area contributed by atoms with Gasteiger partial charge in [0.25, 0.3) is 0 Å². The molecular weight excluding hydrogens is 364 g/mol.